The Morgan fingerprint density at radius 1 is 1.41 bits per heavy atom. The number of piperidine rings is 1. The van der Waals surface area contributed by atoms with Crippen molar-refractivity contribution in [3.8, 4) is 5.69 Å². The first-order valence-electron chi connectivity index (χ1n) is 7.49. The molecule has 1 aliphatic heterocycles. The lowest BCUT2D eigenvalue weighted by atomic mass is 9.90. The molecule has 1 aromatic carbocycles. The minimum Gasteiger partial charge on any atom is -0.324 e. The monoisotopic (exact) mass is 300 g/mol. The number of carbonyl (C=O) groups is 1. The molecule has 22 heavy (non-hydrogen) atoms. The maximum atomic E-state index is 12.6. The van der Waals surface area contributed by atoms with Gasteiger partial charge in [0.25, 0.3) is 0 Å². The van der Waals surface area contributed by atoms with Crippen LogP contribution in [0.3, 0.4) is 0 Å². The molecule has 3 rings (SSSR count). The Balaban J connectivity index is 1.81. The van der Waals surface area contributed by atoms with E-state index in [9.17, 15) is 4.79 Å². The lowest BCUT2D eigenvalue weighted by Gasteiger charge is -2.33. The summed E-state index contributed by atoms with van der Waals surface area (Å²) in [6.07, 6.45) is 4.58. The Bertz CT molecular complexity index is 661. The molecule has 2 heterocycles. The summed E-state index contributed by atoms with van der Waals surface area (Å²) >= 11 is 0. The van der Waals surface area contributed by atoms with Crippen molar-refractivity contribution in [1.82, 2.24) is 25.5 Å². The molecule has 1 saturated heterocycles. The number of nitrogens with one attached hydrogen (secondary N) is 2. The molecule has 1 atom stereocenters. The van der Waals surface area contributed by atoms with Crippen molar-refractivity contribution < 1.29 is 4.79 Å². The van der Waals surface area contributed by atoms with Crippen LogP contribution in [0.15, 0.2) is 24.5 Å². The van der Waals surface area contributed by atoms with Crippen LogP contribution >= 0.6 is 0 Å². The minimum absolute atomic E-state index is 0.00119. The summed E-state index contributed by atoms with van der Waals surface area (Å²) in [5, 5.41) is 17.5. The van der Waals surface area contributed by atoms with Crippen molar-refractivity contribution in [1.29, 1.82) is 0 Å². The number of hydrogen-bond acceptors (Lipinski definition) is 5. The van der Waals surface area contributed by atoms with Crippen molar-refractivity contribution in [2.45, 2.75) is 38.6 Å². The third kappa shape index (κ3) is 2.85. The van der Waals surface area contributed by atoms with E-state index in [2.05, 4.69) is 26.2 Å². The summed E-state index contributed by atoms with van der Waals surface area (Å²) in [5.74, 6) is -0.00119. The SMILES string of the molecule is Cc1ccc(NC(=O)C2(C)CCCCN2)cc1-n1cnnn1. The Morgan fingerprint density at radius 2 is 2.27 bits per heavy atom. The van der Waals surface area contributed by atoms with Gasteiger partial charge in [-0.25, -0.2) is 4.68 Å². The maximum absolute atomic E-state index is 12.6. The van der Waals surface area contributed by atoms with Gasteiger partial charge in [0.1, 0.15) is 6.33 Å². The van der Waals surface area contributed by atoms with Gasteiger partial charge in [-0.3, -0.25) is 4.79 Å². The molecule has 0 bridgehead atoms. The van der Waals surface area contributed by atoms with E-state index in [1.54, 1.807) is 4.68 Å². The van der Waals surface area contributed by atoms with E-state index in [0.717, 1.165) is 42.7 Å². The number of hydrogen-bond donors (Lipinski definition) is 2. The maximum Gasteiger partial charge on any atom is 0.244 e. The molecular formula is C15H20N6O. The first-order chi connectivity index (χ1) is 10.6. The van der Waals surface area contributed by atoms with Crippen molar-refractivity contribution in [3.05, 3.63) is 30.1 Å². The topological polar surface area (TPSA) is 84.7 Å². The Kier molecular flexibility index (Phi) is 3.89. The van der Waals surface area contributed by atoms with Crippen LogP contribution in [0.25, 0.3) is 5.69 Å². The van der Waals surface area contributed by atoms with Gasteiger partial charge in [-0.05, 0) is 67.8 Å². The number of rotatable bonds is 3. The summed E-state index contributed by atoms with van der Waals surface area (Å²) in [4.78, 5) is 12.6. The van der Waals surface area contributed by atoms with Gasteiger partial charge < -0.3 is 10.6 Å². The summed E-state index contributed by atoms with van der Waals surface area (Å²) < 4.78 is 1.59. The van der Waals surface area contributed by atoms with Crippen LogP contribution in [0.1, 0.15) is 31.7 Å². The predicted octanol–water partition coefficient (Wildman–Crippen LogP) is 1.44. The van der Waals surface area contributed by atoms with Gasteiger partial charge in [0.15, 0.2) is 0 Å². The Morgan fingerprint density at radius 3 is 2.95 bits per heavy atom. The molecule has 0 saturated carbocycles. The molecule has 0 spiro atoms. The number of nitrogens with zero attached hydrogens (tertiary/aromatic N) is 4. The van der Waals surface area contributed by atoms with Crippen LogP contribution in [0, 0.1) is 6.92 Å². The zero-order valence-corrected chi connectivity index (χ0v) is 12.8. The average molecular weight is 300 g/mol. The van der Waals surface area contributed by atoms with Crippen molar-refractivity contribution in [3.63, 3.8) is 0 Å². The van der Waals surface area contributed by atoms with E-state index in [4.69, 9.17) is 0 Å². The number of benzene rings is 1. The second kappa shape index (κ2) is 5.84. The number of tetrazole rings is 1. The summed E-state index contributed by atoms with van der Waals surface area (Å²) in [5.41, 5.74) is 2.13. The first kappa shape index (κ1) is 14.6. The van der Waals surface area contributed by atoms with Crippen LogP contribution in [0.2, 0.25) is 0 Å². The van der Waals surface area contributed by atoms with E-state index in [1.807, 2.05) is 32.0 Å². The van der Waals surface area contributed by atoms with Crippen LogP contribution in [0.4, 0.5) is 5.69 Å². The zero-order chi connectivity index (χ0) is 15.6. The average Bonchev–Trinajstić information content (AvgIpc) is 3.04. The summed E-state index contributed by atoms with van der Waals surface area (Å²) in [6, 6.07) is 5.73. The van der Waals surface area contributed by atoms with Crippen LogP contribution in [-0.4, -0.2) is 38.2 Å². The lowest BCUT2D eigenvalue weighted by molar-refractivity contribution is -0.122. The fourth-order valence-electron chi connectivity index (χ4n) is 2.72. The molecule has 1 amide bonds. The highest BCUT2D eigenvalue weighted by Crippen LogP contribution is 2.23. The third-order valence-electron chi connectivity index (χ3n) is 4.18. The molecule has 2 aromatic rings. The summed E-state index contributed by atoms with van der Waals surface area (Å²) in [7, 11) is 0. The number of aromatic nitrogens is 4. The van der Waals surface area contributed by atoms with Gasteiger partial charge in [-0.1, -0.05) is 6.07 Å². The van der Waals surface area contributed by atoms with Gasteiger partial charge in [0, 0.05) is 5.69 Å². The van der Waals surface area contributed by atoms with Gasteiger partial charge in [0.2, 0.25) is 5.91 Å². The standard InChI is InChI=1S/C15H20N6O/c1-11-5-6-12(9-13(11)21-10-17-19-20-21)18-14(22)15(2)7-3-4-8-16-15/h5-6,9-10,16H,3-4,7-8H2,1-2H3,(H,18,22). The first-order valence-corrected chi connectivity index (χ1v) is 7.49. The molecule has 7 nitrogen and oxygen atoms in total. The minimum atomic E-state index is -0.502. The van der Waals surface area contributed by atoms with Crippen molar-refractivity contribution >= 4 is 11.6 Å². The van der Waals surface area contributed by atoms with Gasteiger partial charge in [-0.2, -0.15) is 0 Å². The van der Waals surface area contributed by atoms with Crippen molar-refractivity contribution in [2.75, 3.05) is 11.9 Å². The fraction of sp³-hybridized carbons (Fsp3) is 0.467. The normalized spacial score (nSPS) is 21.5. The highest BCUT2D eigenvalue weighted by molar-refractivity contribution is 5.98. The number of carbonyl (C=O) groups excluding carboxylic acids is 1. The second-order valence-corrected chi connectivity index (χ2v) is 5.93. The number of aryl methyl sites for hydroxylation is 1. The highest BCUT2D eigenvalue weighted by Gasteiger charge is 2.34. The summed E-state index contributed by atoms with van der Waals surface area (Å²) in [6.45, 7) is 4.82. The molecule has 1 aliphatic rings. The van der Waals surface area contributed by atoms with Gasteiger partial charge >= 0.3 is 0 Å². The van der Waals surface area contributed by atoms with E-state index in [1.165, 1.54) is 6.33 Å². The van der Waals surface area contributed by atoms with Gasteiger partial charge in [0.05, 0.1) is 11.2 Å². The van der Waals surface area contributed by atoms with E-state index in [-0.39, 0.29) is 5.91 Å². The van der Waals surface area contributed by atoms with Crippen LogP contribution in [0.5, 0.6) is 0 Å². The highest BCUT2D eigenvalue weighted by atomic mass is 16.2. The molecule has 0 aliphatic carbocycles. The van der Waals surface area contributed by atoms with E-state index >= 15 is 0 Å². The predicted molar refractivity (Wildman–Crippen MR) is 82.8 cm³/mol. The largest absolute Gasteiger partial charge is 0.324 e. The zero-order valence-electron chi connectivity index (χ0n) is 12.8. The van der Waals surface area contributed by atoms with E-state index in [0.29, 0.717) is 0 Å². The van der Waals surface area contributed by atoms with Crippen LogP contribution < -0.4 is 10.6 Å². The molecule has 1 aromatic heterocycles. The third-order valence-corrected chi connectivity index (χ3v) is 4.18. The number of amides is 1. The van der Waals surface area contributed by atoms with E-state index < -0.39 is 5.54 Å². The second-order valence-electron chi connectivity index (χ2n) is 5.93. The Labute approximate surface area is 129 Å². The molecule has 1 unspecified atom stereocenters. The molecule has 1 fully saturated rings. The fourth-order valence-corrected chi connectivity index (χ4v) is 2.72. The smallest absolute Gasteiger partial charge is 0.244 e. The molecular weight excluding hydrogens is 280 g/mol. The quantitative estimate of drug-likeness (QED) is 0.896. The lowest BCUT2D eigenvalue weighted by Crippen LogP contribution is -2.54. The molecule has 0 radical (unpaired) electrons. The molecule has 2 N–H and O–H groups in total. The Hall–Kier alpha value is -2.28. The molecule has 116 valence electrons. The number of anilines is 1. The van der Waals surface area contributed by atoms with Gasteiger partial charge in [-0.15, -0.1) is 5.10 Å². The molecule has 7 heteroatoms. The van der Waals surface area contributed by atoms with Crippen LogP contribution in [-0.2, 0) is 4.79 Å². The van der Waals surface area contributed by atoms with Crippen molar-refractivity contribution in [2.24, 2.45) is 0 Å².